The van der Waals surface area contributed by atoms with E-state index in [1.54, 1.807) is 13.3 Å². The fraction of sp³-hybridized carbons (Fsp3) is 0.553. The number of allylic oxidation sites excluding steroid dienone is 2. The summed E-state index contributed by atoms with van der Waals surface area (Å²) in [6.45, 7) is 13.4. The van der Waals surface area contributed by atoms with Crippen LogP contribution in [-0.4, -0.2) is 78.5 Å². The van der Waals surface area contributed by atoms with E-state index in [0.29, 0.717) is 50.9 Å². The summed E-state index contributed by atoms with van der Waals surface area (Å²) < 4.78 is 32.3. The van der Waals surface area contributed by atoms with Crippen molar-refractivity contribution in [2.24, 2.45) is 11.3 Å². The van der Waals surface area contributed by atoms with Crippen molar-refractivity contribution in [2.45, 2.75) is 109 Å². The number of ketones is 1. The lowest BCUT2D eigenvalue weighted by molar-refractivity contribution is -0.141. The van der Waals surface area contributed by atoms with Gasteiger partial charge in [0.2, 0.25) is 27.7 Å². The quantitative estimate of drug-likeness (QED) is 0.197. The monoisotopic (exact) mass is 723 g/mol. The molecule has 1 aromatic carbocycles. The van der Waals surface area contributed by atoms with E-state index in [4.69, 9.17) is 4.74 Å². The molecule has 1 aliphatic heterocycles. The summed E-state index contributed by atoms with van der Waals surface area (Å²) in [5, 5.41) is 7.28. The number of nitrogens with zero attached hydrogens (tertiary/aromatic N) is 2. The van der Waals surface area contributed by atoms with Crippen LogP contribution in [0.1, 0.15) is 91.5 Å². The molecular formula is C38H53N5O7S. The van der Waals surface area contributed by atoms with Crippen LogP contribution < -0.4 is 20.1 Å². The highest BCUT2D eigenvalue weighted by Gasteiger charge is 2.43. The molecule has 51 heavy (non-hydrogen) atoms. The molecule has 0 bridgehead atoms. The van der Waals surface area contributed by atoms with Crippen molar-refractivity contribution >= 4 is 50.5 Å². The Hall–Kier alpha value is -4.26. The van der Waals surface area contributed by atoms with E-state index < -0.39 is 56.2 Å². The van der Waals surface area contributed by atoms with Crippen LogP contribution in [-0.2, 0) is 24.4 Å². The largest absolute Gasteiger partial charge is 0.481 e. The van der Waals surface area contributed by atoms with Crippen molar-refractivity contribution in [1.82, 2.24) is 25.2 Å². The molecule has 4 amide bonds. The Balaban J connectivity index is 1.35. The van der Waals surface area contributed by atoms with Gasteiger partial charge in [0, 0.05) is 36.0 Å². The number of aromatic nitrogens is 1. The molecule has 278 valence electrons. The van der Waals surface area contributed by atoms with Gasteiger partial charge in [-0.25, -0.2) is 18.2 Å². The van der Waals surface area contributed by atoms with Gasteiger partial charge in [-0.1, -0.05) is 51.1 Å². The Morgan fingerprint density at radius 1 is 1.10 bits per heavy atom. The molecular weight excluding hydrogens is 671 g/mol. The van der Waals surface area contributed by atoms with Crippen LogP contribution >= 0.6 is 0 Å². The van der Waals surface area contributed by atoms with Crippen molar-refractivity contribution in [1.29, 1.82) is 0 Å². The van der Waals surface area contributed by atoms with Crippen molar-refractivity contribution in [3.05, 3.63) is 54.8 Å². The van der Waals surface area contributed by atoms with E-state index in [1.165, 1.54) is 11.0 Å². The van der Waals surface area contributed by atoms with Gasteiger partial charge in [-0.15, -0.1) is 6.58 Å². The smallest absolute Gasteiger partial charge is 0.315 e. The first kappa shape index (κ1) is 39.5. The second-order valence-corrected chi connectivity index (χ2v) is 17.3. The van der Waals surface area contributed by atoms with E-state index in [2.05, 4.69) is 26.9 Å². The minimum atomic E-state index is -3.77. The van der Waals surface area contributed by atoms with Crippen molar-refractivity contribution < 1.29 is 32.3 Å². The molecule has 1 aromatic heterocycles. The number of sulfonamides is 1. The van der Waals surface area contributed by atoms with Gasteiger partial charge in [0.15, 0.2) is 5.78 Å². The number of rotatable bonds is 16. The maximum atomic E-state index is 14.0. The maximum Gasteiger partial charge on any atom is 0.315 e. The van der Waals surface area contributed by atoms with Crippen molar-refractivity contribution in [3.8, 4) is 5.88 Å². The Labute approximate surface area is 301 Å². The molecule has 12 nitrogen and oxygen atoms in total. The first-order chi connectivity index (χ1) is 24.0. The molecule has 3 atom stereocenters. The van der Waals surface area contributed by atoms with Gasteiger partial charge in [-0.3, -0.25) is 19.1 Å². The number of hydrogen-bond donors (Lipinski definition) is 3. The SMILES string of the molecule is C=CCC(CC(=O)[C@@H]1CCCN1C(=O)[C@@H](NC(=O)NC(C)(C)CC/C=C/c1ccc2ccnc(OC)c2c1)C(C)(C)C)C(=O)NS(=O)(=O)C1CC1. The first-order valence-corrected chi connectivity index (χ1v) is 19.2. The molecule has 2 fully saturated rings. The van der Waals surface area contributed by atoms with Gasteiger partial charge in [0.05, 0.1) is 18.4 Å². The minimum absolute atomic E-state index is 0.118. The van der Waals surface area contributed by atoms with Gasteiger partial charge in [-0.05, 0) is 87.3 Å². The summed E-state index contributed by atoms with van der Waals surface area (Å²) in [7, 11) is -2.18. The van der Waals surface area contributed by atoms with Crippen LogP contribution in [0.2, 0.25) is 0 Å². The molecule has 4 rings (SSSR count). The normalized spacial score (nSPS) is 17.9. The number of Topliss-reactive ketones (excluding diaryl/α,β-unsaturated/α-hetero) is 1. The van der Waals surface area contributed by atoms with Crippen molar-refractivity contribution in [3.63, 3.8) is 0 Å². The Morgan fingerprint density at radius 3 is 2.47 bits per heavy atom. The zero-order valence-electron chi connectivity index (χ0n) is 30.7. The third-order valence-corrected chi connectivity index (χ3v) is 11.3. The standard InChI is InChI=1S/C38H53N5O7S/c1-8-12-27(33(45)42-51(48,49)28-17-18-28)24-31(44)30-14-11-22-43(30)35(46)32(37(2,3)4)40-36(47)41-38(5,6)20-10-9-13-25-15-16-26-19-21-39-34(50-7)29(26)23-25/h8-9,13,15-16,19,21,23,27-28,30,32H,1,10-12,14,17-18,20,22,24H2,2-7H3,(H,42,45)(H2,40,41,47)/b13-9+/t27?,30-,32+/m0/s1. The second-order valence-electron chi connectivity index (χ2n) is 15.3. The van der Waals surface area contributed by atoms with E-state index in [9.17, 15) is 27.6 Å². The van der Waals surface area contributed by atoms with Crippen LogP contribution in [0, 0.1) is 11.3 Å². The van der Waals surface area contributed by atoms with Crippen LogP contribution in [0.15, 0.2) is 49.2 Å². The van der Waals surface area contributed by atoms with E-state index in [0.717, 1.165) is 16.3 Å². The van der Waals surface area contributed by atoms with Crippen molar-refractivity contribution in [2.75, 3.05) is 13.7 Å². The van der Waals surface area contributed by atoms with Gasteiger partial charge in [-0.2, -0.15) is 0 Å². The number of benzene rings is 1. The zero-order chi connectivity index (χ0) is 37.6. The number of carbonyl (C=O) groups is 4. The fourth-order valence-corrected chi connectivity index (χ4v) is 7.72. The molecule has 2 heterocycles. The lowest BCUT2D eigenvalue weighted by Gasteiger charge is -2.36. The Morgan fingerprint density at radius 2 is 1.82 bits per heavy atom. The first-order valence-electron chi connectivity index (χ1n) is 17.6. The topological polar surface area (TPSA) is 164 Å². The molecule has 3 N–H and O–H groups in total. The summed E-state index contributed by atoms with van der Waals surface area (Å²) >= 11 is 0. The maximum absolute atomic E-state index is 14.0. The summed E-state index contributed by atoms with van der Waals surface area (Å²) in [5.41, 5.74) is -0.280. The Bertz CT molecular complexity index is 1760. The third-order valence-electron chi connectivity index (χ3n) is 9.42. The molecule has 1 saturated carbocycles. The fourth-order valence-electron chi connectivity index (χ4n) is 6.35. The van der Waals surface area contributed by atoms with Gasteiger partial charge < -0.3 is 20.3 Å². The van der Waals surface area contributed by atoms with Gasteiger partial charge in [0.25, 0.3) is 0 Å². The van der Waals surface area contributed by atoms with Crippen LogP contribution in [0.3, 0.4) is 0 Å². The lowest BCUT2D eigenvalue weighted by Crippen LogP contribution is -2.60. The zero-order valence-corrected chi connectivity index (χ0v) is 31.5. The number of methoxy groups -OCH3 is 1. The molecule has 0 radical (unpaired) electrons. The summed E-state index contributed by atoms with van der Waals surface area (Å²) in [6.07, 6.45) is 10.5. The van der Waals surface area contributed by atoms with Crippen LogP contribution in [0.25, 0.3) is 16.8 Å². The summed E-state index contributed by atoms with van der Waals surface area (Å²) in [6, 6.07) is 5.79. The molecule has 1 aliphatic carbocycles. The van der Waals surface area contributed by atoms with Gasteiger partial charge in [0.1, 0.15) is 6.04 Å². The number of urea groups is 1. The number of fused-ring (bicyclic) bond motifs is 1. The molecule has 2 aliphatic rings. The van der Waals surface area contributed by atoms with Crippen LogP contribution in [0.5, 0.6) is 5.88 Å². The van der Waals surface area contributed by atoms with E-state index >= 15 is 0 Å². The average molecular weight is 724 g/mol. The number of hydrogen-bond acceptors (Lipinski definition) is 8. The highest BCUT2D eigenvalue weighted by Crippen LogP contribution is 2.30. The predicted octanol–water partition coefficient (Wildman–Crippen LogP) is 5.28. The highest BCUT2D eigenvalue weighted by atomic mass is 32.2. The molecule has 1 unspecified atom stereocenters. The summed E-state index contributed by atoms with van der Waals surface area (Å²) in [5.74, 6) is -1.79. The molecule has 1 saturated heterocycles. The van der Waals surface area contributed by atoms with E-state index in [1.807, 2.05) is 71.0 Å². The Kier molecular flexibility index (Phi) is 12.7. The number of likely N-dealkylation sites (tertiary alicyclic amines) is 1. The van der Waals surface area contributed by atoms with E-state index in [-0.39, 0.29) is 24.5 Å². The lowest BCUT2D eigenvalue weighted by atomic mass is 9.85. The number of ether oxygens (including phenoxy) is 1. The third kappa shape index (κ3) is 10.6. The highest BCUT2D eigenvalue weighted by molar-refractivity contribution is 7.90. The molecule has 2 aromatic rings. The summed E-state index contributed by atoms with van der Waals surface area (Å²) in [4.78, 5) is 59.6. The predicted molar refractivity (Wildman–Crippen MR) is 198 cm³/mol. The number of pyridine rings is 1. The van der Waals surface area contributed by atoms with Crippen LogP contribution in [0.4, 0.5) is 4.79 Å². The second kappa shape index (κ2) is 16.4. The number of amides is 4. The average Bonchev–Trinajstić information content (AvgIpc) is 3.81. The minimum Gasteiger partial charge on any atom is -0.481 e. The van der Waals surface area contributed by atoms with Gasteiger partial charge >= 0.3 is 6.03 Å². The molecule has 13 heteroatoms. The molecule has 0 spiro atoms. The number of nitrogens with one attached hydrogen (secondary N) is 3. The number of carbonyl (C=O) groups excluding carboxylic acids is 4.